The van der Waals surface area contributed by atoms with Crippen LogP contribution in [0.2, 0.25) is 0 Å². The molecule has 1 aromatic rings. The van der Waals surface area contributed by atoms with Gasteiger partial charge in [-0.25, -0.2) is 4.79 Å². The van der Waals surface area contributed by atoms with Crippen LogP contribution < -0.4 is 4.90 Å². The lowest BCUT2D eigenvalue weighted by atomic mass is 10.0. The van der Waals surface area contributed by atoms with Crippen LogP contribution in [0.5, 0.6) is 0 Å². The van der Waals surface area contributed by atoms with Crippen molar-refractivity contribution in [2.24, 2.45) is 0 Å². The number of aryl methyl sites for hydroxylation is 1. The number of rotatable bonds is 3. The molecule has 5 nitrogen and oxygen atoms in total. The predicted molar refractivity (Wildman–Crippen MR) is 76.4 cm³/mol. The molecule has 1 aromatic carbocycles. The summed E-state index contributed by atoms with van der Waals surface area (Å²) in [5.74, 6) is -0.912. The number of ether oxygens (including phenoxy) is 1. The maximum absolute atomic E-state index is 11.0. The summed E-state index contributed by atoms with van der Waals surface area (Å²) in [5, 5.41) is 18.4. The number of benzene rings is 1. The Hall–Kier alpha value is -1.59. The van der Waals surface area contributed by atoms with Crippen LogP contribution in [0.25, 0.3) is 0 Å². The minimum atomic E-state index is -0.912. The van der Waals surface area contributed by atoms with Crippen molar-refractivity contribution < 1.29 is 19.7 Å². The predicted octanol–water partition coefficient (Wildman–Crippen LogP) is 1.67. The molecule has 2 N–H and O–H groups in total. The lowest BCUT2D eigenvalue weighted by Gasteiger charge is -2.43. The third-order valence-electron chi connectivity index (χ3n) is 3.49. The molecule has 110 valence electrons. The van der Waals surface area contributed by atoms with Crippen LogP contribution in [0.4, 0.5) is 5.69 Å². The molecule has 0 amide bonds. The van der Waals surface area contributed by atoms with Gasteiger partial charge in [-0.3, -0.25) is 0 Å². The first-order valence-corrected chi connectivity index (χ1v) is 6.70. The van der Waals surface area contributed by atoms with Gasteiger partial charge in [-0.1, -0.05) is 0 Å². The Labute approximate surface area is 118 Å². The highest BCUT2D eigenvalue weighted by Gasteiger charge is 2.33. The van der Waals surface area contributed by atoms with Crippen molar-refractivity contribution in [3.8, 4) is 0 Å². The summed E-state index contributed by atoms with van der Waals surface area (Å²) in [6.45, 7) is 7.05. The summed E-state index contributed by atoms with van der Waals surface area (Å²) < 4.78 is 5.78. The Kier molecular flexibility index (Phi) is 4.01. The monoisotopic (exact) mass is 279 g/mol. The summed E-state index contributed by atoms with van der Waals surface area (Å²) in [7, 11) is 0. The van der Waals surface area contributed by atoms with Crippen LogP contribution in [0, 0.1) is 6.92 Å². The maximum Gasteiger partial charge on any atom is 0.335 e. The first kappa shape index (κ1) is 14.8. The summed E-state index contributed by atoms with van der Waals surface area (Å²) in [6.07, 6.45) is -0.224. The Morgan fingerprint density at radius 3 is 2.75 bits per heavy atom. The first-order valence-electron chi connectivity index (χ1n) is 6.70. The van der Waals surface area contributed by atoms with Crippen LogP contribution in [-0.2, 0) is 4.74 Å². The molecule has 0 bridgehead atoms. The standard InChI is InChI=1S/C15H21NO4/c1-10-6-11(4-5-13(10)14(18)19)16-7-12(8-17)20-15(2,3)9-16/h4-6,12,17H,7-9H2,1-3H3,(H,18,19). The fourth-order valence-electron chi connectivity index (χ4n) is 2.67. The number of carbonyl (C=O) groups is 1. The molecular weight excluding hydrogens is 258 g/mol. The quantitative estimate of drug-likeness (QED) is 0.880. The Bertz CT molecular complexity index is 513. The minimum Gasteiger partial charge on any atom is -0.478 e. The number of aromatic carboxylic acids is 1. The zero-order valence-electron chi connectivity index (χ0n) is 12.1. The topological polar surface area (TPSA) is 70.0 Å². The smallest absolute Gasteiger partial charge is 0.335 e. The van der Waals surface area contributed by atoms with E-state index in [1.165, 1.54) is 0 Å². The van der Waals surface area contributed by atoms with E-state index in [0.29, 0.717) is 18.7 Å². The van der Waals surface area contributed by atoms with Gasteiger partial charge in [-0.05, 0) is 44.5 Å². The van der Waals surface area contributed by atoms with E-state index in [-0.39, 0.29) is 18.3 Å². The number of hydrogen-bond donors (Lipinski definition) is 2. The molecule has 1 unspecified atom stereocenters. The number of aliphatic hydroxyl groups excluding tert-OH is 1. The average molecular weight is 279 g/mol. The summed E-state index contributed by atoms with van der Waals surface area (Å²) in [4.78, 5) is 13.2. The average Bonchev–Trinajstić information content (AvgIpc) is 2.36. The van der Waals surface area contributed by atoms with Gasteiger partial charge in [0.05, 0.1) is 23.9 Å². The molecule has 0 aliphatic carbocycles. The van der Waals surface area contributed by atoms with E-state index in [1.54, 1.807) is 13.0 Å². The molecule has 0 aromatic heterocycles. The van der Waals surface area contributed by atoms with Gasteiger partial charge in [0, 0.05) is 18.8 Å². The summed E-state index contributed by atoms with van der Waals surface area (Å²) in [5.41, 5.74) is 1.67. The third kappa shape index (κ3) is 3.11. The molecule has 1 fully saturated rings. The fraction of sp³-hybridized carbons (Fsp3) is 0.533. The Morgan fingerprint density at radius 1 is 1.50 bits per heavy atom. The molecule has 1 aliphatic rings. The van der Waals surface area contributed by atoms with Crippen molar-refractivity contribution >= 4 is 11.7 Å². The highest BCUT2D eigenvalue weighted by molar-refractivity contribution is 5.89. The van der Waals surface area contributed by atoms with Crippen molar-refractivity contribution in [1.29, 1.82) is 0 Å². The Balaban J connectivity index is 2.26. The number of nitrogens with zero attached hydrogens (tertiary/aromatic N) is 1. The van der Waals surface area contributed by atoms with Gasteiger partial charge >= 0.3 is 5.97 Å². The van der Waals surface area contributed by atoms with E-state index in [0.717, 1.165) is 11.3 Å². The van der Waals surface area contributed by atoms with E-state index in [4.69, 9.17) is 9.84 Å². The molecule has 2 rings (SSSR count). The highest BCUT2D eigenvalue weighted by atomic mass is 16.5. The van der Waals surface area contributed by atoms with E-state index >= 15 is 0 Å². The van der Waals surface area contributed by atoms with Gasteiger partial charge in [0.1, 0.15) is 0 Å². The van der Waals surface area contributed by atoms with Crippen molar-refractivity contribution in [3.63, 3.8) is 0 Å². The molecule has 0 saturated carbocycles. The molecule has 5 heteroatoms. The van der Waals surface area contributed by atoms with E-state index in [1.807, 2.05) is 26.0 Å². The van der Waals surface area contributed by atoms with Gasteiger partial charge in [-0.15, -0.1) is 0 Å². The lowest BCUT2D eigenvalue weighted by molar-refractivity contribution is -0.101. The summed E-state index contributed by atoms with van der Waals surface area (Å²) in [6, 6.07) is 5.31. The van der Waals surface area contributed by atoms with Crippen LogP contribution in [0.3, 0.4) is 0 Å². The Morgan fingerprint density at radius 2 is 2.20 bits per heavy atom. The third-order valence-corrected chi connectivity index (χ3v) is 3.49. The number of carboxylic acids is 1. The second-order valence-electron chi connectivity index (χ2n) is 5.87. The lowest BCUT2D eigenvalue weighted by Crippen LogP contribution is -2.54. The highest BCUT2D eigenvalue weighted by Crippen LogP contribution is 2.27. The van der Waals surface area contributed by atoms with Gasteiger partial charge < -0.3 is 19.8 Å². The van der Waals surface area contributed by atoms with Crippen LogP contribution in [0.15, 0.2) is 18.2 Å². The molecular formula is C15H21NO4. The zero-order chi connectivity index (χ0) is 14.9. The molecule has 1 aliphatic heterocycles. The second kappa shape index (κ2) is 5.42. The number of hydrogen-bond acceptors (Lipinski definition) is 4. The van der Waals surface area contributed by atoms with Crippen LogP contribution in [-0.4, -0.2) is 47.6 Å². The molecule has 1 saturated heterocycles. The van der Waals surface area contributed by atoms with Gasteiger partial charge in [-0.2, -0.15) is 0 Å². The van der Waals surface area contributed by atoms with Crippen LogP contribution in [0.1, 0.15) is 29.8 Å². The van der Waals surface area contributed by atoms with E-state index < -0.39 is 5.97 Å². The molecule has 1 heterocycles. The van der Waals surface area contributed by atoms with Gasteiger partial charge in [0.25, 0.3) is 0 Å². The zero-order valence-corrected chi connectivity index (χ0v) is 12.1. The number of aliphatic hydroxyl groups is 1. The SMILES string of the molecule is Cc1cc(N2CC(CO)OC(C)(C)C2)ccc1C(=O)O. The van der Waals surface area contributed by atoms with Crippen molar-refractivity contribution in [2.45, 2.75) is 32.5 Å². The van der Waals surface area contributed by atoms with E-state index in [2.05, 4.69) is 4.90 Å². The summed E-state index contributed by atoms with van der Waals surface area (Å²) >= 11 is 0. The number of carboxylic acid groups (broad SMARTS) is 1. The number of morpholine rings is 1. The fourth-order valence-corrected chi connectivity index (χ4v) is 2.67. The van der Waals surface area contributed by atoms with E-state index in [9.17, 15) is 9.90 Å². The van der Waals surface area contributed by atoms with Crippen molar-refractivity contribution in [2.75, 3.05) is 24.6 Å². The molecule has 0 radical (unpaired) electrons. The number of anilines is 1. The largest absolute Gasteiger partial charge is 0.478 e. The molecule has 20 heavy (non-hydrogen) atoms. The molecule has 1 atom stereocenters. The maximum atomic E-state index is 11.0. The van der Waals surface area contributed by atoms with Gasteiger partial charge in [0.2, 0.25) is 0 Å². The molecule has 0 spiro atoms. The normalized spacial score (nSPS) is 21.8. The minimum absolute atomic E-state index is 0.0217. The second-order valence-corrected chi connectivity index (χ2v) is 5.87. The van der Waals surface area contributed by atoms with Gasteiger partial charge in [0.15, 0.2) is 0 Å². The van der Waals surface area contributed by atoms with Crippen molar-refractivity contribution in [3.05, 3.63) is 29.3 Å². The first-order chi connectivity index (χ1) is 9.32. The van der Waals surface area contributed by atoms with Crippen LogP contribution >= 0.6 is 0 Å². The van der Waals surface area contributed by atoms with Crippen molar-refractivity contribution in [1.82, 2.24) is 0 Å².